The summed E-state index contributed by atoms with van der Waals surface area (Å²) in [5.41, 5.74) is 1.47. The lowest BCUT2D eigenvalue weighted by molar-refractivity contribution is 0.0293. The normalized spacial score (nSPS) is 14.9. The maximum absolute atomic E-state index is 12.7. The first-order valence-electron chi connectivity index (χ1n) is 14.3. The second kappa shape index (κ2) is 12.6. The van der Waals surface area contributed by atoms with Crippen LogP contribution in [-0.2, 0) is 16.0 Å². The van der Waals surface area contributed by atoms with E-state index in [1.807, 2.05) is 49.7 Å². The lowest BCUT2D eigenvalue weighted by Gasteiger charge is -2.24. The Labute approximate surface area is 250 Å². The number of ether oxygens (including phenoxy) is 4. The third-order valence-electron chi connectivity index (χ3n) is 6.84. The molecule has 0 aliphatic carbocycles. The van der Waals surface area contributed by atoms with E-state index in [9.17, 15) is 9.59 Å². The minimum Gasteiger partial charge on any atom is -0.497 e. The van der Waals surface area contributed by atoms with Gasteiger partial charge in [0.15, 0.2) is 11.5 Å². The molecule has 1 N–H and O–H groups in total. The lowest BCUT2D eigenvalue weighted by Crippen LogP contribution is -2.36. The van der Waals surface area contributed by atoms with Crippen LogP contribution in [0.5, 0.6) is 17.2 Å². The zero-order chi connectivity index (χ0) is 30.6. The van der Waals surface area contributed by atoms with E-state index < -0.39 is 11.6 Å². The molecule has 226 valence electrons. The average molecular weight is 588 g/mol. The van der Waals surface area contributed by atoms with Crippen molar-refractivity contribution in [2.75, 3.05) is 32.1 Å². The maximum atomic E-state index is 12.7. The number of nitrogens with zero attached hydrogens (tertiary/aromatic N) is 4. The number of nitrogens with one attached hydrogen (secondary N) is 1. The number of hydrogen-bond acceptors (Lipinski definition) is 9. The summed E-state index contributed by atoms with van der Waals surface area (Å²) in [5, 5.41) is 9.14. The molecule has 3 heterocycles. The fraction of sp³-hybridized carbons (Fsp3) is 0.375. The lowest BCUT2D eigenvalue weighted by atomic mass is 10.2. The molecule has 2 aromatic carbocycles. The first-order valence-corrected chi connectivity index (χ1v) is 14.3. The largest absolute Gasteiger partial charge is 0.497 e. The van der Waals surface area contributed by atoms with Gasteiger partial charge < -0.3 is 29.2 Å². The van der Waals surface area contributed by atoms with Crippen molar-refractivity contribution < 1.29 is 28.5 Å². The fourth-order valence-electron chi connectivity index (χ4n) is 4.86. The van der Waals surface area contributed by atoms with Crippen LogP contribution in [0.4, 0.5) is 10.6 Å². The molecule has 4 aromatic rings. The van der Waals surface area contributed by atoms with Crippen LogP contribution in [0, 0.1) is 0 Å². The fourth-order valence-corrected chi connectivity index (χ4v) is 4.86. The van der Waals surface area contributed by atoms with E-state index >= 15 is 0 Å². The van der Waals surface area contributed by atoms with E-state index in [-0.39, 0.29) is 18.7 Å². The van der Waals surface area contributed by atoms with Crippen LogP contribution in [0.25, 0.3) is 11.0 Å². The molecule has 0 bridgehead atoms. The molecule has 1 amide bonds. The molecule has 2 aromatic heterocycles. The van der Waals surface area contributed by atoms with E-state index in [4.69, 9.17) is 24.0 Å². The van der Waals surface area contributed by atoms with Crippen molar-refractivity contribution in [1.29, 1.82) is 0 Å². The zero-order valence-corrected chi connectivity index (χ0v) is 25.1. The summed E-state index contributed by atoms with van der Waals surface area (Å²) in [6.45, 7) is 9.12. The van der Waals surface area contributed by atoms with Crippen LogP contribution in [0.3, 0.4) is 0 Å². The number of methoxy groups -OCH3 is 1. The number of rotatable bonds is 9. The number of likely N-dealkylation sites (tertiary alicyclic amines) is 1. The van der Waals surface area contributed by atoms with Crippen LogP contribution in [0.1, 0.15) is 50.0 Å². The number of amides is 1. The van der Waals surface area contributed by atoms with Crippen molar-refractivity contribution in [2.45, 2.75) is 52.3 Å². The molecule has 1 atom stereocenters. The molecule has 0 unspecified atom stereocenters. The van der Waals surface area contributed by atoms with Crippen molar-refractivity contribution in [1.82, 2.24) is 19.7 Å². The summed E-state index contributed by atoms with van der Waals surface area (Å²) >= 11 is 0. The number of benzene rings is 2. The van der Waals surface area contributed by atoms with Gasteiger partial charge in [0.05, 0.1) is 25.8 Å². The van der Waals surface area contributed by atoms with Gasteiger partial charge in [-0.25, -0.2) is 19.3 Å². The van der Waals surface area contributed by atoms with Crippen LogP contribution in [0.2, 0.25) is 0 Å². The Hall–Kier alpha value is -4.80. The molecular weight excluding hydrogens is 550 g/mol. The van der Waals surface area contributed by atoms with Crippen molar-refractivity contribution in [3.05, 3.63) is 71.9 Å². The van der Waals surface area contributed by atoms with Crippen LogP contribution >= 0.6 is 0 Å². The Morgan fingerprint density at radius 3 is 2.58 bits per heavy atom. The van der Waals surface area contributed by atoms with Gasteiger partial charge in [-0.1, -0.05) is 18.2 Å². The Morgan fingerprint density at radius 1 is 1.07 bits per heavy atom. The van der Waals surface area contributed by atoms with Gasteiger partial charge in [0, 0.05) is 31.4 Å². The van der Waals surface area contributed by atoms with Gasteiger partial charge in [0.1, 0.15) is 28.2 Å². The summed E-state index contributed by atoms with van der Waals surface area (Å²) in [7, 11) is 1.63. The number of pyridine rings is 1. The maximum Gasteiger partial charge on any atom is 0.410 e. The van der Waals surface area contributed by atoms with Gasteiger partial charge in [-0.05, 0) is 70.0 Å². The predicted molar refractivity (Wildman–Crippen MR) is 162 cm³/mol. The molecule has 11 nitrogen and oxygen atoms in total. The van der Waals surface area contributed by atoms with Crippen LogP contribution in [0.15, 0.2) is 60.8 Å². The predicted octanol–water partition coefficient (Wildman–Crippen LogP) is 5.88. The highest BCUT2D eigenvalue weighted by molar-refractivity contribution is 5.94. The van der Waals surface area contributed by atoms with Crippen LogP contribution < -0.4 is 14.8 Å². The molecule has 0 saturated carbocycles. The van der Waals surface area contributed by atoms with Gasteiger partial charge in [-0.15, -0.1) is 0 Å². The number of carbonyl (C=O) groups excluding carboxylic acids is 2. The van der Waals surface area contributed by atoms with Crippen molar-refractivity contribution in [3.8, 4) is 17.2 Å². The smallest absolute Gasteiger partial charge is 0.410 e. The second-order valence-corrected chi connectivity index (χ2v) is 11.3. The number of carbonyl (C=O) groups is 2. The summed E-state index contributed by atoms with van der Waals surface area (Å²) in [6.07, 6.45) is 2.06. The molecule has 1 aliphatic heterocycles. The molecule has 0 spiro atoms. The van der Waals surface area contributed by atoms with E-state index in [1.54, 1.807) is 55.5 Å². The Balaban J connectivity index is 1.46. The molecule has 1 fully saturated rings. The number of fused-ring (bicyclic) bond motifs is 1. The third-order valence-corrected chi connectivity index (χ3v) is 6.84. The van der Waals surface area contributed by atoms with E-state index in [0.717, 1.165) is 17.7 Å². The van der Waals surface area contributed by atoms with Crippen molar-refractivity contribution in [2.24, 2.45) is 0 Å². The van der Waals surface area contributed by atoms with E-state index in [2.05, 4.69) is 10.3 Å². The average Bonchev–Trinajstić information content (AvgIpc) is 3.58. The van der Waals surface area contributed by atoms with Crippen molar-refractivity contribution >= 4 is 28.9 Å². The zero-order valence-electron chi connectivity index (χ0n) is 25.1. The van der Waals surface area contributed by atoms with E-state index in [1.165, 1.54) is 0 Å². The molecule has 5 rings (SSSR count). The summed E-state index contributed by atoms with van der Waals surface area (Å²) in [6, 6.07) is 16.3. The van der Waals surface area contributed by atoms with Crippen molar-refractivity contribution in [3.63, 3.8) is 0 Å². The first kappa shape index (κ1) is 29.7. The highest BCUT2D eigenvalue weighted by Gasteiger charge is 2.31. The highest BCUT2D eigenvalue weighted by Crippen LogP contribution is 2.35. The highest BCUT2D eigenvalue weighted by atomic mass is 16.6. The Bertz CT molecular complexity index is 1590. The standard InChI is InChI=1S/C32H37N5O6/c1-6-41-30(38)22-8-7-9-25(18-22)42-26-14-16-33-29-27(26)28(35-37(29)19-21-10-12-24(40-5)13-11-21)34-23-15-17-36(20-23)31(39)43-32(2,3)4/h7-14,16,18,23H,6,15,17,19-20H2,1-5H3,(H,34,35)/t23-/m1/s1. The number of anilines is 1. The molecule has 43 heavy (non-hydrogen) atoms. The van der Waals surface area contributed by atoms with Gasteiger partial charge in [0.25, 0.3) is 0 Å². The number of aromatic nitrogens is 3. The topological polar surface area (TPSA) is 117 Å². The monoisotopic (exact) mass is 587 g/mol. The first-order chi connectivity index (χ1) is 20.6. The Morgan fingerprint density at radius 2 is 1.86 bits per heavy atom. The minimum absolute atomic E-state index is 0.0553. The quantitative estimate of drug-likeness (QED) is 0.240. The molecule has 1 aliphatic rings. The van der Waals surface area contributed by atoms with Gasteiger partial charge in [0.2, 0.25) is 0 Å². The molecular formula is C32H37N5O6. The van der Waals surface area contributed by atoms with Gasteiger partial charge in [-0.2, -0.15) is 5.10 Å². The minimum atomic E-state index is -0.568. The van der Waals surface area contributed by atoms with Gasteiger partial charge in [-0.3, -0.25) is 0 Å². The number of esters is 1. The molecule has 0 radical (unpaired) electrons. The van der Waals surface area contributed by atoms with Crippen LogP contribution in [-0.4, -0.2) is 70.2 Å². The SMILES string of the molecule is CCOC(=O)c1cccc(Oc2ccnc3c2c(N[C@@H]2CCN(C(=O)OC(C)(C)C)C2)nn3Cc2ccc(OC)cc2)c1. The number of hydrogen-bond donors (Lipinski definition) is 1. The van der Waals surface area contributed by atoms with E-state index in [0.29, 0.717) is 53.5 Å². The molecule has 1 saturated heterocycles. The third kappa shape index (κ3) is 7.17. The second-order valence-electron chi connectivity index (χ2n) is 11.3. The summed E-state index contributed by atoms with van der Waals surface area (Å²) < 4.78 is 24.2. The summed E-state index contributed by atoms with van der Waals surface area (Å²) in [5.74, 6) is 1.94. The Kier molecular flexibility index (Phi) is 8.70. The van der Waals surface area contributed by atoms with Gasteiger partial charge >= 0.3 is 12.1 Å². The molecule has 11 heteroatoms. The summed E-state index contributed by atoms with van der Waals surface area (Å²) in [4.78, 5) is 31.4.